The van der Waals surface area contributed by atoms with Crippen molar-refractivity contribution in [1.82, 2.24) is 5.32 Å². The average Bonchev–Trinajstić information content (AvgIpc) is 2.26. The second-order valence-electron chi connectivity index (χ2n) is 4.03. The van der Waals surface area contributed by atoms with Crippen LogP contribution < -0.4 is 5.32 Å². The van der Waals surface area contributed by atoms with E-state index in [-0.39, 0.29) is 5.82 Å². The molecule has 0 aliphatic carbocycles. The summed E-state index contributed by atoms with van der Waals surface area (Å²) in [6, 6.07) is 5.50. The first-order valence-corrected chi connectivity index (χ1v) is 6.84. The lowest BCUT2D eigenvalue weighted by Crippen LogP contribution is -2.28. The maximum Gasteiger partial charge on any atom is 0.123 e. The van der Waals surface area contributed by atoms with Gasteiger partial charge in [0.2, 0.25) is 0 Å². The van der Waals surface area contributed by atoms with Crippen molar-refractivity contribution in [3.8, 4) is 0 Å². The van der Waals surface area contributed by atoms with Gasteiger partial charge in [-0.25, -0.2) is 4.39 Å². The molecule has 1 rings (SSSR count). The first-order chi connectivity index (χ1) is 7.67. The van der Waals surface area contributed by atoms with Crippen molar-refractivity contribution in [2.75, 3.05) is 5.33 Å². The summed E-state index contributed by atoms with van der Waals surface area (Å²) in [5.74, 6) is -0.159. The molecule has 1 atom stereocenters. The topological polar surface area (TPSA) is 12.0 Å². The summed E-state index contributed by atoms with van der Waals surface area (Å²) in [4.78, 5) is 0. The molecule has 0 spiro atoms. The van der Waals surface area contributed by atoms with Crippen LogP contribution in [0.25, 0.3) is 0 Å². The molecular formula is C13H19BrFN. The molecule has 0 amide bonds. The van der Waals surface area contributed by atoms with Gasteiger partial charge in [-0.05, 0) is 43.0 Å². The lowest BCUT2D eigenvalue weighted by atomic mass is 10.1. The molecule has 0 aliphatic heterocycles. The maximum absolute atomic E-state index is 12.9. The zero-order valence-electron chi connectivity index (χ0n) is 9.89. The van der Waals surface area contributed by atoms with Crippen LogP contribution >= 0.6 is 15.9 Å². The Balaban J connectivity index is 2.53. The summed E-state index contributed by atoms with van der Waals surface area (Å²) in [5.41, 5.74) is 2.19. The molecular weight excluding hydrogens is 269 g/mol. The minimum atomic E-state index is -0.159. The number of rotatable bonds is 6. The summed E-state index contributed by atoms with van der Waals surface area (Å²) in [5, 5.41) is 4.51. The highest BCUT2D eigenvalue weighted by molar-refractivity contribution is 9.09. The van der Waals surface area contributed by atoms with Crippen molar-refractivity contribution < 1.29 is 4.39 Å². The van der Waals surface area contributed by atoms with E-state index < -0.39 is 0 Å². The van der Waals surface area contributed by atoms with Crippen molar-refractivity contribution >= 4 is 15.9 Å². The van der Waals surface area contributed by atoms with Crippen LogP contribution in [0.2, 0.25) is 0 Å². The Labute approximate surface area is 106 Å². The Morgan fingerprint density at radius 2 is 2.19 bits per heavy atom. The molecule has 0 saturated heterocycles. The van der Waals surface area contributed by atoms with E-state index in [1.807, 2.05) is 13.0 Å². The third kappa shape index (κ3) is 4.22. The van der Waals surface area contributed by atoms with Crippen LogP contribution in [0.1, 0.15) is 30.9 Å². The van der Waals surface area contributed by atoms with Gasteiger partial charge in [0.05, 0.1) is 0 Å². The predicted molar refractivity (Wildman–Crippen MR) is 70.5 cm³/mol. The van der Waals surface area contributed by atoms with Crippen molar-refractivity contribution in [2.24, 2.45) is 0 Å². The standard InChI is InChI=1S/C13H19BrFN/c1-3-13(6-7-14)16-9-11-4-5-12(15)8-10(11)2/h4-5,8,13,16H,3,6-7,9H2,1-2H3. The average molecular weight is 288 g/mol. The zero-order chi connectivity index (χ0) is 12.0. The quantitative estimate of drug-likeness (QED) is 0.785. The van der Waals surface area contributed by atoms with Crippen molar-refractivity contribution in [1.29, 1.82) is 0 Å². The van der Waals surface area contributed by atoms with Crippen LogP contribution in [-0.2, 0) is 6.54 Å². The van der Waals surface area contributed by atoms with Gasteiger partial charge in [-0.3, -0.25) is 0 Å². The second-order valence-corrected chi connectivity index (χ2v) is 4.83. The van der Waals surface area contributed by atoms with Gasteiger partial charge in [0.25, 0.3) is 0 Å². The minimum absolute atomic E-state index is 0.159. The van der Waals surface area contributed by atoms with Gasteiger partial charge in [-0.1, -0.05) is 28.9 Å². The largest absolute Gasteiger partial charge is 0.310 e. The van der Waals surface area contributed by atoms with Crippen LogP contribution in [0.3, 0.4) is 0 Å². The lowest BCUT2D eigenvalue weighted by molar-refractivity contribution is 0.487. The van der Waals surface area contributed by atoms with E-state index in [1.54, 1.807) is 6.07 Å². The first kappa shape index (κ1) is 13.7. The van der Waals surface area contributed by atoms with E-state index >= 15 is 0 Å². The van der Waals surface area contributed by atoms with Crippen LogP contribution in [-0.4, -0.2) is 11.4 Å². The highest BCUT2D eigenvalue weighted by atomic mass is 79.9. The molecule has 90 valence electrons. The number of hydrogen-bond donors (Lipinski definition) is 1. The molecule has 1 unspecified atom stereocenters. The molecule has 1 aromatic carbocycles. The Bertz CT molecular complexity index is 328. The molecule has 0 fully saturated rings. The van der Waals surface area contributed by atoms with Crippen LogP contribution in [0.5, 0.6) is 0 Å². The number of hydrogen-bond acceptors (Lipinski definition) is 1. The van der Waals surface area contributed by atoms with Gasteiger partial charge in [0, 0.05) is 17.9 Å². The van der Waals surface area contributed by atoms with Crippen LogP contribution in [0.4, 0.5) is 4.39 Å². The van der Waals surface area contributed by atoms with E-state index in [1.165, 1.54) is 11.6 Å². The van der Waals surface area contributed by atoms with E-state index in [4.69, 9.17) is 0 Å². The van der Waals surface area contributed by atoms with Gasteiger partial charge in [0.1, 0.15) is 5.82 Å². The molecule has 3 heteroatoms. The van der Waals surface area contributed by atoms with Gasteiger partial charge in [0.15, 0.2) is 0 Å². The fourth-order valence-electron chi connectivity index (χ4n) is 1.69. The molecule has 1 nitrogen and oxygen atoms in total. The molecule has 0 bridgehead atoms. The summed E-state index contributed by atoms with van der Waals surface area (Å²) >= 11 is 3.45. The predicted octanol–water partition coefficient (Wildman–Crippen LogP) is 3.79. The number of aryl methyl sites for hydroxylation is 1. The molecule has 0 saturated carbocycles. The molecule has 0 heterocycles. The third-order valence-electron chi connectivity index (χ3n) is 2.84. The highest BCUT2D eigenvalue weighted by Gasteiger charge is 2.06. The van der Waals surface area contributed by atoms with E-state index in [0.29, 0.717) is 6.04 Å². The summed E-state index contributed by atoms with van der Waals surface area (Å²) in [7, 11) is 0. The van der Waals surface area contributed by atoms with E-state index in [0.717, 1.165) is 30.3 Å². The van der Waals surface area contributed by atoms with Gasteiger partial charge < -0.3 is 5.32 Å². The Morgan fingerprint density at radius 3 is 2.75 bits per heavy atom. The third-order valence-corrected chi connectivity index (χ3v) is 3.29. The number of benzene rings is 1. The van der Waals surface area contributed by atoms with Crippen molar-refractivity contribution in [3.63, 3.8) is 0 Å². The summed E-state index contributed by atoms with van der Waals surface area (Å²) < 4.78 is 12.9. The highest BCUT2D eigenvalue weighted by Crippen LogP contribution is 2.11. The van der Waals surface area contributed by atoms with Crippen LogP contribution in [0, 0.1) is 12.7 Å². The first-order valence-electron chi connectivity index (χ1n) is 5.71. The van der Waals surface area contributed by atoms with Gasteiger partial charge in [-0.15, -0.1) is 0 Å². The fraction of sp³-hybridized carbons (Fsp3) is 0.538. The normalized spacial score (nSPS) is 12.8. The smallest absolute Gasteiger partial charge is 0.123 e. The fourth-order valence-corrected chi connectivity index (χ4v) is 2.25. The molecule has 16 heavy (non-hydrogen) atoms. The van der Waals surface area contributed by atoms with E-state index in [2.05, 4.69) is 28.2 Å². The summed E-state index contributed by atoms with van der Waals surface area (Å²) in [6.07, 6.45) is 2.24. The molecule has 1 N–H and O–H groups in total. The molecule has 0 radical (unpaired) electrons. The van der Waals surface area contributed by atoms with E-state index in [9.17, 15) is 4.39 Å². The monoisotopic (exact) mass is 287 g/mol. The maximum atomic E-state index is 12.9. The molecule has 1 aromatic rings. The summed E-state index contributed by atoms with van der Waals surface area (Å²) in [6.45, 7) is 4.95. The number of alkyl halides is 1. The molecule has 0 aromatic heterocycles. The Kier molecular flexibility index (Phi) is 5.99. The van der Waals surface area contributed by atoms with Crippen molar-refractivity contribution in [2.45, 2.75) is 39.3 Å². The Hall–Kier alpha value is -0.410. The lowest BCUT2D eigenvalue weighted by Gasteiger charge is -2.16. The SMILES string of the molecule is CCC(CCBr)NCc1ccc(F)cc1C. The number of halogens is 2. The second kappa shape index (κ2) is 7.02. The number of nitrogens with one attached hydrogen (secondary N) is 1. The minimum Gasteiger partial charge on any atom is -0.310 e. The zero-order valence-corrected chi connectivity index (χ0v) is 11.5. The van der Waals surface area contributed by atoms with Crippen molar-refractivity contribution in [3.05, 3.63) is 35.1 Å². The van der Waals surface area contributed by atoms with Crippen LogP contribution in [0.15, 0.2) is 18.2 Å². The molecule has 0 aliphatic rings. The Morgan fingerprint density at radius 1 is 1.44 bits per heavy atom. The van der Waals surface area contributed by atoms with Gasteiger partial charge in [-0.2, -0.15) is 0 Å². The van der Waals surface area contributed by atoms with Gasteiger partial charge >= 0.3 is 0 Å².